The quantitative estimate of drug-likeness (QED) is 0.255. The van der Waals surface area contributed by atoms with Crippen LogP contribution in [0.25, 0.3) is 49.6 Å². The van der Waals surface area contributed by atoms with Gasteiger partial charge in [0.1, 0.15) is 5.65 Å². The fourth-order valence-corrected chi connectivity index (χ4v) is 5.40. The largest absolute Gasteiger partial charge is 0.298 e. The summed E-state index contributed by atoms with van der Waals surface area (Å²) >= 11 is 0. The number of imidazole rings is 1. The molecular weight excluding hydrogens is 400 g/mol. The van der Waals surface area contributed by atoms with E-state index in [9.17, 15) is 0 Å². The van der Waals surface area contributed by atoms with Crippen LogP contribution in [0.3, 0.4) is 0 Å². The monoisotopic (exact) mass is 426 g/mol. The number of hydrogen-bond donors (Lipinski definition) is 0. The summed E-state index contributed by atoms with van der Waals surface area (Å²) in [5, 5.41) is 3.75. The zero-order valence-electron chi connectivity index (χ0n) is 19.5. The van der Waals surface area contributed by atoms with Crippen LogP contribution in [-0.2, 0) is 0 Å². The Kier molecular flexibility index (Phi) is 4.38. The molecule has 2 aromatic heterocycles. The second-order valence-corrected chi connectivity index (χ2v) is 9.15. The zero-order valence-corrected chi connectivity index (χ0v) is 19.5. The van der Waals surface area contributed by atoms with E-state index in [0.717, 1.165) is 11.3 Å². The molecule has 0 unspecified atom stereocenters. The van der Waals surface area contributed by atoms with Gasteiger partial charge in [0.15, 0.2) is 0 Å². The van der Waals surface area contributed by atoms with E-state index in [2.05, 4.69) is 117 Å². The van der Waals surface area contributed by atoms with Crippen LogP contribution in [0.1, 0.15) is 22.4 Å². The summed E-state index contributed by atoms with van der Waals surface area (Å²) in [6.07, 6.45) is 2.17. The Morgan fingerprint density at radius 2 is 1.39 bits per heavy atom. The molecule has 0 saturated carbocycles. The first-order chi connectivity index (χ1) is 16.0. The van der Waals surface area contributed by atoms with E-state index in [4.69, 9.17) is 4.98 Å². The molecule has 0 aliphatic rings. The predicted octanol–water partition coefficient (Wildman–Crippen LogP) is 8.21. The van der Waals surface area contributed by atoms with Crippen LogP contribution < -0.4 is 0 Å². The molecule has 160 valence electrons. The molecule has 0 amide bonds. The maximum Gasteiger partial charge on any atom is 0.145 e. The summed E-state index contributed by atoms with van der Waals surface area (Å²) < 4.78 is 2.29. The Hall–Kier alpha value is -3.91. The van der Waals surface area contributed by atoms with Crippen molar-refractivity contribution >= 4 is 27.3 Å². The molecule has 0 fully saturated rings. The molecule has 2 heteroatoms. The minimum atomic E-state index is 1.02. The van der Waals surface area contributed by atoms with E-state index < -0.39 is 0 Å². The van der Waals surface area contributed by atoms with Gasteiger partial charge < -0.3 is 0 Å². The molecule has 0 aliphatic heterocycles. The van der Waals surface area contributed by atoms with Crippen LogP contribution in [0, 0.1) is 27.7 Å². The molecule has 4 aromatic carbocycles. The second-order valence-electron chi connectivity index (χ2n) is 9.15. The number of benzene rings is 4. The van der Waals surface area contributed by atoms with Crippen molar-refractivity contribution in [1.29, 1.82) is 0 Å². The third-order valence-corrected chi connectivity index (χ3v) is 6.73. The fraction of sp³-hybridized carbons (Fsp3) is 0.129. The van der Waals surface area contributed by atoms with E-state index in [-0.39, 0.29) is 0 Å². The number of rotatable bonds is 2. The second kappa shape index (κ2) is 7.31. The van der Waals surface area contributed by atoms with E-state index in [1.54, 1.807) is 0 Å². The summed E-state index contributed by atoms with van der Waals surface area (Å²) in [4.78, 5) is 4.99. The Labute approximate surface area is 194 Å². The maximum atomic E-state index is 4.99. The van der Waals surface area contributed by atoms with Gasteiger partial charge in [0.25, 0.3) is 0 Å². The van der Waals surface area contributed by atoms with Gasteiger partial charge in [0.2, 0.25) is 0 Å². The Balaban J connectivity index is 1.91. The molecule has 0 radical (unpaired) electrons. The van der Waals surface area contributed by atoms with E-state index in [1.165, 1.54) is 60.6 Å². The Bertz CT molecular complexity index is 1670. The lowest BCUT2D eigenvalue weighted by atomic mass is 9.89. The molecule has 0 saturated heterocycles. The van der Waals surface area contributed by atoms with Crippen molar-refractivity contribution in [3.8, 4) is 22.3 Å². The van der Waals surface area contributed by atoms with Gasteiger partial charge >= 0.3 is 0 Å². The molecule has 2 nitrogen and oxygen atoms in total. The number of nitrogens with zero attached hydrogens (tertiary/aromatic N) is 2. The highest BCUT2D eigenvalue weighted by Gasteiger charge is 2.19. The average Bonchev–Trinajstić information content (AvgIpc) is 3.20. The first-order valence-electron chi connectivity index (χ1n) is 11.5. The number of hydrogen-bond acceptors (Lipinski definition) is 1. The van der Waals surface area contributed by atoms with Crippen molar-refractivity contribution in [3.63, 3.8) is 0 Å². The number of aromatic nitrogens is 2. The van der Waals surface area contributed by atoms with Gasteiger partial charge in [0, 0.05) is 27.9 Å². The lowest BCUT2D eigenvalue weighted by molar-refractivity contribution is 1.26. The summed E-state index contributed by atoms with van der Waals surface area (Å²) in [5.74, 6) is 0. The minimum Gasteiger partial charge on any atom is -0.298 e. The molecule has 2 heterocycles. The summed E-state index contributed by atoms with van der Waals surface area (Å²) in [5.41, 5.74) is 12.2. The highest BCUT2D eigenvalue weighted by atomic mass is 15.0. The molecule has 33 heavy (non-hydrogen) atoms. The highest BCUT2D eigenvalue weighted by Crippen LogP contribution is 2.42. The fourth-order valence-electron chi connectivity index (χ4n) is 5.40. The maximum absolute atomic E-state index is 4.99. The predicted molar refractivity (Wildman–Crippen MR) is 140 cm³/mol. The lowest BCUT2D eigenvalue weighted by Gasteiger charge is -2.18. The van der Waals surface area contributed by atoms with Gasteiger partial charge in [-0.1, -0.05) is 66.7 Å². The van der Waals surface area contributed by atoms with Crippen LogP contribution in [0.2, 0.25) is 0 Å². The van der Waals surface area contributed by atoms with Gasteiger partial charge in [-0.3, -0.25) is 4.40 Å². The number of aryl methyl sites for hydroxylation is 4. The first-order valence-corrected chi connectivity index (χ1v) is 11.5. The molecular formula is C31H26N2. The normalized spacial score (nSPS) is 11.6. The van der Waals surface area contributed by atoms with Gasteiger partial charge in [0.05, 0.1) is 11.2 Å². The van der Waals surface area contributed by atoms with Crippen molar-refractivity contribution in [1.82, 2.24) is 9.38 Å². The smallest absolute Gasteiger partial charge is 0.145 e. The van der Waals surface area contributed by atoms with Gasteiger partial charge in [-0.2, -0.15) is 0 Å². The van der Waals surface area contributed by atoms with Crippen LogP contribution in [0.4, 0.5) is 0 Å². The Morgan fingerprint density at radius 3 is 2.15 bits per heavy atom. The topological polar surface area (TPSA) is 17.3 Å². The van der Waals surface area contributed by atoms with Crippen LogP contribution in [0.5, 0.6) is 0 Å². The highest BCUT2D eigenvalue weighted by molar-refractivity contribution is 6.20. The van der Waals surface area contributed by atoms with Crippen LogP contribution in [0.15, 0.2) is 85.1 Å². The van der Waals surface area contributed by atoms with Crippen molar-refractivity contribution < 1.29 is 0 Å². The van der Waals surface area contributed by atoms with Crippen molar-refractivity contribution in [2.24, 2.45) is 0 Å². The number of pyridine rings is 1. The third kappa shape index (κ3) is 2.98. The lowest BCUT2D eigenvalue weighted by Crippen LogP contribution is -1.97. The van der Waals surface area contributed by atoms with Gasteiger partial charge in [-0.05, 0) is 73.2 Å². The van der Waals surface area contributed by atoms with E-state index >= 15 is 0 Å². The molecule has 0 aliphatic carbocycles. The van der Waals surface area contributed by atoms with Crippen molar-refractivity contribution in [3.05, 3.63) is 107 Å². The zero-order chi connectivity index (χ0) is 22.7. The first kappa shape index (κ1) is 19.8. The Morgan fingerprint density at radius 1 is 0.667 bits per heavy atom. The van der Waals surface area contributed by atoms with Gasteiger partial charge in [-0.15, -0.1) is 0 Å². The average molecular weight is 427 g/mol. The van der Waals surface area contributed by atoms with E-state index in [0.29, 0.717) is 0 Å². The molecule has 0 bridgehead atoms. The minimum absolute atomic E-state index is 1.02. The van der Waals surface area contributed by atoms with E-state index in [1.807, 2.05) is 0 Å². The SMILES string of the molecule is Cc1cc(-c2ccccc2)c2c(c1)c1c(-c3c(C)cccc3C)cccc1c1nc(C)cn12. The summed E-state index contributed by atoms with van der Waals surface area (Å²) in [6, 6.07) is 28.6. The molecule has 0 spiro atoms. The summed E-state index contributed by atoms with van der Waals surface area (Å²) in [7, 11) is 0. The van der Waals surface area contributed by atoms with Crippen LogP contribution >= 0.6 is 0 Å². The summed E-state index contributed by atoms with van der Waals surface area (Å²) in [6.45, 7) is 8.70. The third-order valence-electron chi connectivity index (χ3n) is 6.73. The molecule has 6 rings (SSSR count). The molecule has 6 aromatic rings. The molecule has 0 atom stereocenters. The van der Waals surface area contributed by atoms with Crippen molar-refractivity contribution in [2.75, 3.05) is 0 Å². The molecule has 0 N–H and O–H groups in total. The standard InChI is InChI=1S/C31H26N2/c1-19-16-26(23-12-6-5-7-13-23)30-27(17-19)29-24(28-20(2)10-8-11-21(28)3)14-9-15-25(29)31-32-22(4)18-33(30)31/h5-18H,1-4H3. The number of fused-ring (bicyclic) bond motifs is 6. The van der Waals surface area contributed by atoms with Crippen molar-refractivity contribution in [2.45, 2.75) is 27.7 Å². The van der Waals surface area contributed by atoms with Gasteiger partial charge in [-0.25, -0.2) is 4.98 Å². The van der Waals surface area contributed by atoms with Crippen LogP contribution in [-0.4, -0.2) is 9.38 Å².